The molecular weight excluding hydrogens is 378 g/mol. The van der Waals surface area contributed by atoms with Crippen LogP contribution in [0.25, 0.3) is 0 Å². The van der Waals surface area contributed by atoms with E-state index in [1.165, 1.54) is 18.4 Å². The molecule has 1 N–H and O–H groups in total. The SMILES string of the molecule is COC(=O)c1c(NC(=O)COC(=O)Cc2ccc(Cl)cc2)sc(C)c1C. The molecule has 0 aliphatic heterocycles. The number of anilines is 1. The van der Waals surface area contributed by atoms with E-state index >= 15 is 0 Å². The zero-order valence-electron chi connectivity index (χ0n) is 14.6. The van der Waals surface area contributed by atoms with Gasteiger partial charge in [0.25, 0.3) is 5.91 Å². The van der Waals surface area contributed by atoms with Gasteiger partial charge in [-0.1, -0.05) is 23.7 Å². The normalized spacial score (nSPS) is 10.3. The Hall–Kier alpha value is -2.38. The zero-order valence-corrected chi connectivity index (χ0v) is 16.1. The van der Waals surface area contributed by atoms with E-state index in [4.69, 9.17) is 21.1 Å². The van der Waals surface area contributed by atoms with Crippen molar-refractivity contribution in [2.45, 2.75) is 20.3 Å². The first-order chi connectivity index (χ1) is 12.3. The number of carbonyl (C=O) groups is 3. The van der Waals surface area contributed by atoms with Gasteiger partial charge in [-0.25, -0.2) is 4.79 Å². The van der Waals surface area contributed by atoms with Crippen LogP contribution in [0.5, 0.6) is 0 Å². The summed E-state index contributed by atoms with van der Waals surface area (Å²) in [6.07, 6.45) is 0.0368. The fourth-order valence-corrected chi connectivity index (χ4v) is 3.38. The van der Waals surface area contributed by atoms with E-state index in [1.54, 1.807) is 31.2 Å². The van der Waals surface area contributed by atoms with E-state index in [9.17, 15) is 14.4 Å². The molecule has 0 unspecified atom stereocenters. The van der Waals surface area contributed by atoms with Gasteiger partial charge in [0.1, 0.15) is 5.00 Å². The van der Waals surface area contributed by atoms with Crippen molar-refractivity contribution in [1.29, 1.82) is 0 Å². The molecule has 1 heterocycles. The van der Waals surface area contributed by atoms with Gasteiger partial charge in [0, 0.05) is 9.90 Å². The van der Waals surface area contributed by atoms with Crippen molar-refractivity contribution in [3.05, 3.63) is 50.9 Å². The summed E-state index contributed by atoms with van der Waals surface area (Å²) in [6.45, 7) is 3.18. The van der Waals surface area contributed by atoms with Crippen molar-refractivity contribution in [3.8, 4) is 0 Å². The minimum Gasteiger partial charge on any atom is -0.465 e. The van der Waals surface area contributed by atoms with E-state index in [1.807, 2.05) is 6.92 Å². The van der Waals surface area contributed by atoms with Crippen molar-refractivity contribution >= 4 is 45.8 Å². The lowest BCUT2D eigenvalue weighted by atomic mass is 10.1. The third-order valence-corrected chi connectivity index (χ3v) is 5.03. The number of ether oxygens (including phenoxy) is 2. The minimum atomic E-state index is -0.533. The van der Waals surface area contributed by atoms with E-state index in [-0.39, 0.29) is 6.42 Å². The third-order valence-electron chi connectivity index (χ3n) is 3.65. The summed E-state index contributed by atoms with van der Waals surface area (Å²) in [6, 6.07) is 6.77. The van der Waals surface area contributed by atoms with Crippen molar-refractivity contribution in [3.63, 3.8) is 0 Å². The van der Waals surface area contributed by atoms with Gasteiger partial charge in [-0.05, 0) is 37.1 Å². The number of aryl methyl sites for hydroxylation is 1. The van der Waals surface area contributed by atoms with E-state index in [2.05, 4.69) is 5.32 Å². The van der Waals surface area contributed by atoms with Crippen LogP contribution in [-0.2, 0) is 25.5 Å². The number of benzene rings is 1. The summed E-state index contributed by atoms with van der Waals surface area (Å²) >= 11 is 7.05. The zero-order chi connectivity index (χ0) is 19.3. The van der Waals surface area contributed by atoms with Crippen LogP contribution in [0.15, 0.2) is 24.3 Å². The third kappa shape index (κ3) is 5.06. The Balaban J connectivity index is 1.93. The average molecular weight is 396 g/mol. The Kier molecular flexibility index (Phi) is 6.76. The summed E-state index contributed by atoms with van der Waals surface area (Å²) < 4.78 is 9.73. The maximum atomic E-state index is 12.0. The Labute approximate surface area is 160 Å². The largest absolute Gasteiger partial charge is 0.465 e. The maximum Gasteiger partial charge on any atom is 0.341 e. The summed E-state index contributed by atoms with van der Waals surface area (Å²) in [5.74, 6) is -1.59. The molecule has 0 aliphatic rings. The van der Waals surface area contributed by atoms with E-state index in [0.29, 0.717) is 15.6 Å². The molecule has 0 fully saturated rings. The molecule has 1 amide bonds. The van der Waals surface area contributed by atoms with Crippen molar-refractivity contribution < 1.29 is 23.9 Å². The number of hydrogen-bond acceptors (Lipinski definition) is 6. The van der Waals surface area contributed by atoms with Crippen LogP contribution in [0.3, 0.4) is 0 Å². The maximum absolute atomic E-state index is 12.0. The number of rotatable bonds is 6. The number of thiophene rings is 1. The molecule has 0 aliphatic carbocycles. The molecule has 138 valence electrons. The predicted molar refractivity (Wildman–Crippen MR) is 99.9 cm³/mol. The molecule has 1 aromatic carbocycles. The first-order valence-corrected chi connectivity index (χ1v) is 8.89. The molecule has 0 saturated carbocycles. The highest BCUT2D eigenvalue weighted by Gasteiger charge is 2.21. The predicted octanol–water partition coefficient (Wildman–Crippen LogP) is 3.53. The van der Waals surface area contributed by atoms with Gasteiger partial charge >= 0.3 is 11.9 Å². The number of nitrogens with one attached hydrogen (secondary N) is 1. The van der Waals surface area contributed by atoms with E-state index < -0.39 is 24.5 Å². The highest BCUT2D eigenvalue weighted by molar-refractivity contribution is 7.16. The lowest BCUT2D eigenvalue weighted by Crippen LogP contribution is -2.22. The highest BCUT2D eigenvalue weighted by Crippen LogP contribution is 2.32. The summed E-state index contributed by atoms with van der Waals surface area (Å²) in [4.78, 5) is 36.6. The number of amides is 1. The average Bonchev–Trinajstić information content (AvgIpc) is 2.88. The summed E-state index contributed by atoms with van der Waals surface area (Å²) in [5.41, 5.74) is 1.80. The molecule has 0 atom stereocenters. The molecule has 0 spiro atoms. The van der Waals surface area contributed by atoms with Crippen LogP contribution in [0.1, 0.15) is 26.4 Å². The number of hydrogen-bond donors (Lipinski definition) is 1. The molecule has 0 radical (unpaired) electrons. The fraction of sp³-hybridized carbons (Fsp3) is 0.278. The van der Waals surface area contributed by atoms with Crippen LogP contribution in [0, 0.1) is 13.8 Å². The molecule has 0 bridgehead atoms. The molecule has 2 rings (SSSR count). The van der Waals surface area contributed by atoms with Crippen molar-refractivity contribution in [2.75, 3.05) is 19.0 Å². The van der Waals surface area contributed by atoms with Crippen LogP contribution in [0.4, 0.5) is 5.00 Å². The first-order valence-electron chi connectivity index (χ1n) is 7.70. The number of esters is 2. The lowest BCUT2D eigenvalue weighted by Gasteiger charge is -2.07. The van der Waals surface area contributed by atoms with Gasteiger partial charge in [0.15, 0.2) is 6.61 Å². The van der Waals surface area contributed by atoms with Gasteiger partial charge in [-0.3, -0.25) is 9.59 Å². The number of methoxy groups -OCH3 is 1. The topological polar surface area (TPSA) is 81.7 Å². The van der Waals surface area contributed by atoms with Crippen LogP contribution >= 0.6 is 22.9 Å². The lowest BCUT2D eigenvalue weighted by molar-refractivity contribution is -0.146. The molecule has 0 saturated heterocycles. The molecule has 2 aromatic rings. The first kappa shape index (κ1) is 19.9. The molecule has 8 heteroatoms. The number of halogens is 1. The van der Waals surface area contributed by atoms with Gasteiger partial charge in [0.2, 0.25) is 0 Å². The summed E-state index contributed by atoms with van der Waals surface area (Å²) in [7, 11) is 1.28. The van der Waals surface area contributed by atoms with Crippen molar-refractivity contribution in [1.82, 2.24) is 0 Å². The highest BCUT2D eigenvalue weighted by atomic mass is 35.5. The quantitative estimate of drug-likeness (QED) is 0.756. The van der Waals surface area contributed by atoms with Crippen molar-refractivity contribution in [2.24, 2.45) is 0 Å². The molecule has 26 heavy (non-hydrogen) atoms. The van der Waals surface area contributed by atoms with Crippen LogP contribution in [0.2, 0.25) is 5.02 Å². The Bertz CT molecular complexity index is 829. The summed E-state index contributed by atoms with van der Waals surface area (Å²) in [5, 5.41) is 3.55. The molecular formula is C18H18ClNO5S. The standard InChI is InChI=1S/C18H18ClNO5S/c1-10-11(2)26-17(16(10)18(23)24-3)20-14(21)9-25-15(22)8-12-4-6-13(19)7-5-12/h4-7H,8-9H2,1-3H3,(H,20,21). The molecule has 6 nitrogen and oxygen atoms in total. The van der Waals surface area contributed by atoms with Gasteiger partial charge in [-0.2, -0.15) is 0 Å². The fourth-order valence-electron chi connectivity index (χ4n) is 2.19. The Morgan fingerprint density at radius 2 is 1.81 bits per heavy atom. The second kappa shape index (κ2) is 8.82. The Morgan fingerprint density at radius 3 is 2.42 bits per heavy atom. The second-order valence-corrected chi connectivity index (χ2v) is 7.15. The van der Waals surface area contributed by atoms with E-state index in [0.717, 1.165) is 16.0 Å². The van der Waals surface area contributed by atoms with Gasteiger partial charge in [0.05, 0.1) is 19.1 Å². The monoisotopic (exact) mass is 395 g/mol. The van der Waals surface area contributed by atoms with Crippen LogP contribution in [-0.4, -0.2) is 31.6 Å². The smallest absolute Gasteiger partial charge is 0.341 e. The number of carbonyl (C=O) groups excluding carboxylic acids is 3. The van der Waals surface area contributed by atoms with Gasteiger partial charge in [-0.15, -0.1) is 11.3 Å². The Morgan fingerprint density at radius 1 is 1.15 bits per heavy atom. The molecule has 1 aromatic heterocycles. The van der Waals surface area contributed by atoms with Gasteiger partial charge < -0.3 is 14.8 Å². The second-order valence-electron chi connectivity index (χ2n) is 5.49. The minimum absolute atomic E-state index is 0.0368. The van der Waals surface area contributed by atoms with Crippen LogP contribution < -0.4 is 5.32 Å².